The minimum Gasteiger partial charge on any atom is -0.295 e. The molecule has 0 aliphatic heterocycles. The summed E-state index contributed by atoms with van der Waals surface area (Å²) in [7, 11) is 0. The van der Waals surface area contributed by atoms with Gasteiger partial charge in [-0.1, -0.05) is 39.2 Å². The molecule has 0 saturated carbocycles. The van der Waals surface area contributed by atoms with Crippen LogP contribution < -0.4 is 0 Å². The number of ketones is 1. The van der Waals surface area contributed by atoms with E-state index >= 15 is 0 Å². The van der Waals surface area contributed by atoms with E-state index in [1.54, 1.807) is 0 Å². The number of allylic oxidation sites excluding steroid dienone is 2. The second-order valence-corrected chi connectivity index (χ2v) is 5.84. The molecule has 0 saturated heterocycles. The molecule has 0 radical (unpaired) electrons. The molecule has 1 heteroatoms. The van der Waals surface area contributed by atoms with Crippen molar-refractivity contribution >= 4 is 5.78 Å². The Morgan fingerprint density at radius 1 is 1.31 bits per heavy atom. The first-order chi connectivity index (χ1) is 7.50. The molecule has 92 valence electrons. The zero-order chi connectivity index (χ0) is 12.1. The highest BCUT2D eigenvalue weighted by molar-refractivity contribution is 5.93. The summed E-state index contributed by atoms with van der Waals surface area (Å²) in [6, 6.07) is 0. The van der Waals surface area contributed by atoms with Crippen molar-refractivity contribution in [2.75, 3.05) is 0 Å². The van der Waals surface area contributed by atoms with E-state index in [0.717, 1.165) is 18.8 Å². The Hall–Kier alpha value is -0.590. The van der Waals surface area contributed by atoms with Crippen LogP contribution in [0.25, 0.3) is 0 Å². The lowest BCUT2D eigenvalue weighted by molar-refractivity contribution is -0.120. The molecule has 16 heavy (non-hydrogen) atoms. The molecule has 0 unspecified atom stereocenters. The molecule has 0 aromatic rings. The fraction of sp³-hybridized carbons (Fsp3) is 0.800. The molecule has 0 fully saturated rings. The maximum Gasteiger partial charge on any atom is 0.158 e. The molecule has 1 rings (SSSR count). The van der Waals surface area contributed by atoms with Crippen LogP contribution in [0.4, 0.5) is 0 Å². The van der Waals surface area contributed by atoms with E-state index in [9.17, 15) is 4.79 Å². The van der Waals surface area contributed by atoms with Gasteiger partial charge in [-0.2, -0.15) is 0 Å². The smallest absolute Gasteiger partial charge is 0.158 e. The summed E-state index contributed by atoms with van der Waals surface area (Å²) in [5.41, 5.74) is 1.26. The van der Waals surface area contributed by atoms with Crippen molar-refractivity contribution in [3.63, 3.8) is 0 Å². The van der Waals surface area contributed by atoms with Crippen LogP contribution in [-0.2, 0) is 4.79 Å². The molecular weight excluding hydrogens is 196 g/mol. The van der Waals surface area contributed by atoms with Crippen LogP contribution in [0, 0.1) is 17.8 Å². The third-order valence-corrected chi connectivity index (χ3v) is 3.73. The maximum atomic E-state index is 11.9. The van der Waals surface area contributed by atoms with Crippen molar-refractivity contribution in [2.24, 2.45) is 17.8 Å². The van der Waals surface area contributed by atoms with Gasteiger partial charge in [0.15, 0.2) is 5.78 Å². The molecule has 1 nitrogen and oxygen atoms in total. The van der Waals surface area contributed by atoms with E-state index in [2.05, 4.69) is 27.7 Å². The fourth-order valence-electron chi connectivity index (χ4n) is 2.56. The van der Waals surface area contributed by atoms with E-state index in [4.69, 9.17) is 0 Å². The molecule has 1 aliphatic carbocycles. The van der Waals surface area contributed by atoms with Crippen molar-refractivity contribution in [2.45, 2.75) is 59.8 Å². The third-order valence-electron chi connectivity index (χ3n) is 3.73. The van der Waals surface area contributed by atoms with Gasteiger partial charge in [0.1, 0.15) is 0 Å². The summed E-state index contributed by atoms with van der Waals surface area (Å²) in [5, 5.41) is 0. The topological polar surface area (TPSA) is 17.1 Å². The Morgan fingerprint density at radius 2 is 2.00 bits per heavy atom. The van der Waals surface area contributed by atoms with E-state index < -0.39 is 0 Å². The van der Waals surface area contributed by atoms with Gasteiger partial charge in [0, 0.05) is 5.92 Å². The lowest BCUT2D eigenvalue weighted by Gasteiger charge is -2.25. The van der Waals surface area contributed by atoms with Gasteiger partial charge in [0.2, 0.25) is 0 Å². The van der Waals surface area contributed by atoms with Gasteiger partial charge in [-0.05, 0) is 44.1 Å². The fourth-order valence-corrected chi connectivity index (χ4v) is 2.56. The Morgan fingerprint density at radius 3 is 2.56 bits per heavy atom. The van der Waals surface area contributed by atoms with Gasteiger partial charge >= 0.3 is 0 Å². The Kier molecular flexibility index (Phi) is 5.24. The summed E-state index contributed by atoms with van der Waals surface area (Å²) >= 11 is 0. The van der Waals surface area contributed by atoms with Gasteiger partial charge in [-0.3, -0.25) is 4.79 Å². The summed E-state index contributed by atoms with van der Waals surface area (Å²) in [6.45, 7) is 8.85. The molecule has 0 amide bonds. The van der Waals surface area contributed by atoms with Crippen molar-refractivity contribution in [3.05, 3.63) is 11.6 Å². The van der Waals surface area contributed by atoms with Gasteiger partial charge < -0.3 is 0 Å². The first-order valence-corrected chi connectivity index (χ1v) is 6.71. The minimum atomic E-state index is 0.302. The predicted molar refractivity (Wildman–Crippen MR) is 69.3 cm³/mol. The standard InChI is InChI=1S/C15H26O/c1-11(2)6-5-7-13(4)14-9-8-12(3)10-15(14)16/h10-11,13-14H,5-9H2,1-4H3/t13-,14+/m0/s1. The average Bonchev–Trinajstić information content (AvgIpc) is 2.16. The first kappa shape index (κ1) is 13.5. The molecule has 0 aromatic carbocycles. The van der Waals surface area contributed by atoms with Gasteiger partial charge in [0.25, 0.3) is 0 Å². The van der Waals surface area contributed by atoms with Crippen LogP contribution in [0.1, 0.15) is 59.8 Å². The normalized spacial score (nSPS) is 23.4. The number of rotatable bonds is 5. The van der Waals surface area contributed by atoms with Crippen molar-refractivity contribution in [1.29, 1.82) is 0 Å². The van der Waals surface area contributed by atoms with Gasteiger partial charge in [-0.25, -0.2) is 0 Å². The summed E-state index contributed by atoms with van der Waals surface area (Å²) in [4.78, 5) is 11.9. The highest BCUT2D eigenvalue weighted by Crippen LogP contribution is 2.29. The van der Waals surface area contributed by atoms with Crippen molar-refractivity contribution in [3.8, 4) is 0 Å². The van der Waals surface area contributed by atoms with Crippen LogP contribution in [-0.4, -0.2) is 5.78 Å². The summed E-state index contributed by atoms with van der Waals surface area (Å²) in [5.74, 6) is 2.03. The number of carbonyl (C=O) groups is 1. The van der Waals surface area contributed by atoms with E-state index in [-0.39, 0.29) is 0 Å². The first-order valence-electron chi connectivity index (χ1n) is 6.71. The summed E-state index contributed by atoms with van der Waals surface area (Å²) in [6.07, 6.45) is 7.83. The predicted octanol–water partition coefficient (Wildman–Crippen LogP) is 4.37. The zero-order valence-corrected chi connectivity index (χ0v) is 11.3. The SMILES string of the molecule is CC1=CC(=O)[C@@H]([C@@H](C)CCCC(C)C)CC1. The maximum absolute atomic E-state index is 11.9. The number of hydrogen-bond donors (Lipinski definition) is 0. The van der Waals surface area contributed by atoms with Crippen molar-refractivity contribution in [1.82, 2.24) is 0 Å². The lowest BCUT2D eigenvalue weighted by Crippen LogP contribution is -2.23. The molecule has 2 atom stereocenters. The van der Waals surface area contributed by atoms with E-state index in [1.807, 2.05) is 6.08 Å². The van der Waals surface area contributed by atoms with E-state index in [0.29, 0.717) is 17.6 Å². The van der Waals surface area contributed by atoms with Crippen LogP contribution in [0.3, 0.4) is 0 Å². The molecule has 0 spiro atoms. The van der Waals surface area contributed by atoms with Crippen LogP contribution in [0.15, 0.2) is 11.6 Å². The van der Waals surface area contributed by atoms with E-state index in [1.165, 1.54) is 24.8 Å². The Balaban J connectivity index is 2.37. The number of carbonyl (C=O) groups excluding carboxylic acids is 1. The largest absolute Gasteiger partial charge is 0.295 e. The monoisotopic (exact) mass is 222 g/mol. The average molecular weight is 222 g/mol. The van der Waals surface area contributed by atoms with Crippen LogP contribution >= 0.6 is 0 Å². The Bertz CT molecular complexity index is 263. The quantitative estimate of drug-likeness (QED) is 0.675. The third kappa shape index (κ3) is 4.11. The van der Waals surface area contributed by atoms with Crippen LogP contribution in [0.2, 0.25) is 0 Å². The molecule has 1 aliphatic rings. The molecule has 0 bridgehead atoms. The lowest BCUT2D eigenvalue weighted by atomic mass is 9.78. The second kappa shape index (κ2) is 6.22. The second-order valence-electron chi connectivity index (χ2n) is 5.84. The highest BCUT2D eigenvalue weighted by Gasteiger charge is 2.25. The van der Waals surface area contributed by atoms with Crippen molar-refractivity contribution < 1.29 is 4.79 Å². The molecule has 0 heterocycles. The van der Waals surface area contributed by atoms with Gasteiger partial charge in [0.05, 0.1) is 0 Å². The van der Waals surface area contributed by atoms with Crippen LogP contribution in [0.5, 0.6) is 0 Å². The molecular formula is C15H26O. The molecule has 0 aromatic heterocycles. The van der Waals surface area contributed by atoms with Gasteiger partial charge in [-0.15, -0.1) is 0 Å². The number of hydrogen-bond acceptors (Lipinski definition) is 1. The minimum absolute atomic E-state index is 0.302. The summed E-state index contributed by atoms with van der Waals surface area (Å²) < 4.78 is 0. The molecule has 0 N–H and O–H groups in total. The Labute approximate surface area is 100 Å². The highest BCUT2D eigenvalue weighted by atomic mass is 16.1. The zero-order valence-electron chi connectivity index (χ0n) is 11.3.